The van der Waals surface area contributed by atoms with Gasteiger partial charge in [-0.1, -0.05) is 18.2 Å². The zero-order chi connectivity index (χ0) is 25.0. The normalized spacial score (nSPS) is 16.7. The van der Waals surface area contributed by atoms with Crippen molar-refractivity contribution < 1.29 is 14.3 Å². The number of rotatable bonds is 5. The molecule has 2 aromatic rings. The fraction of sp³-hybridized carbons (Fsp3) is 0.462. The van der Waals surface area contributed by atoms with Crippen LogP contribution in [-0.4, -0.2) is 57.9 Å². The maximum absolute atomic E-state index is 12.9. The van der Waals surface area contributed by atoms with Crippen LogP contribution >= 0.6 is 11.6 Å². The maximum atomic E-state index is 12.9. The molecule has 0 radical (unpaired) electrons. The van der Waals surface area contributed by atoms with Gasteiger partial charge >= 0.3 is 6.09 Å². The molecule has 7 nitrogen and oxygen atoms in total. The Hall–Kier alpha value is -2.95. The molecule has 3 rings (SSSR count). The van der Waals surface area contributed by atoms with Crippen LogP contribution in [0.4, 0.5) is 10.6 Å². The quantitative estimate of drug-likeness (QED) is 0.418. The summed E-state index contributed by atoms with van der Waals surface area (Å²) >= 11 is 6.42. The Morgan fingerprint density at radius 3 is 2.59 bits per heavy atom. The highest BCUT2D eigenvalue weighted by molar-refractivity contribution is 6.30. The molecule has 1 amide bonds. The van der Waals surface area contributed by atoms with Gasteiger partial charge in [-0.05, 0) is 75.6 Å². The molecule has 0 unspecified atom stereocenters. The molecule has 1 fully saturated rings. The van der Waals surface area contributed by atoms with Gasteiger partial charge in [0.2, 0.25) is 0 Å². The number of ether oxygens (including phenoxy) is 1. The molecule has 1 aliphatic heterocycles. The number of carbonyl (C=O) groups is 2. The van der Waals surface area contributed by atoms with Crippen LogP contribution in [-0.2, 0) is 17.7 Å². The Bertz CT molecular complexity index is 1120. The summed E-state index contributed by atoms with van der Waals surface area (Å²) in [5, 5.41) is 0.584. The lowest BCUT2D eigenvalue weighted by molar-refractivity contribution is 0.000532. The number of carbonyl (C=O) groups excluding carboxylic acids is 2. The molecule has 2 heterocycles. The molecular formula is C26H31ClN4O3. The van der Waals surface area contributed by atoms with Crippen molar-refractivity contribution in [2.75, 3.05) is 19.6 Å². The third-order valence-corrected chi connectivity index (χ3v) is 6.07. The number of Topliss-reactive ketones (excluding diaryl/α,β-unsaturated/α-hetero) is 1. The average molecular weight is 483 g/mol. The van der Waals surface area contributed by atoms with E-state index >= 15 is 0 Å². The van der Waals surface area contributed by atoms with Crippen LogP contribution in [0.5, 0.6) is 0 Å². The van der Waals surface area contributed by atoms with E-state index in [1.807, 2.05) is 46.8 Å². The molecule has 1 aliphatic rings. The second-order valence-electron chi connectivity index (χ2n) is 9.72. The number of aromatic nitrogens is 1. The molecule has 1 aromatic heterocycles. The summed E-state index contributed by atoms with van der Waals surface area (Å²) in [5.74, 6) is 0.122. The smallest absolute Gasteiger partial charge is 0.410 e. The second kappa shape index (κ2) is 10.5. The third-order valence-electron chi connectivity index (χ3n) is 5.85. The molecule has 0 aliphatic carbocycles. The molecule has 0 spiro atoms. The first-order valence-electron chi connectivity index (χ1n) is 11.3. The van der Waals surface area contributed by atoms with E-state index in [4.69, 9.17) is 22.9 Å². The van der Waals surface area contributed by atoms with Gasteiger partial charge in [0.15, 0.2) is 5.78 Å². The summed E-state index contributed by atoms with van der Waals surface area (Å²) in [6.45, 7) is 19.5. The monoisotopic (exact) mass is 482 g/mol. The lowest BCUT2D eigenvalue weighted by Gasteiger charge is -2.40. The van der Waals surface area contributed by atoms with Gasteiger partial charge in [0.1, 0.15) is 11.8 Å². The van der Waals surface area contributed by atoms with E-state index in [0.717, 1.165) is 29.8 Å². The number of amides is 1. The van der Waals surface area contributed by atoms with E-state index in [-0.39, 0.29) is 30.2 Å². The van der Waals surface area contributed by atoms with Gasteiger partial charge in [-0.25, -0.2) is 4.79 Å². The zero-order valence-electron chi connectivity index (χ0n) is 20.4. The highest BCUT2D eigenvalue weighted by Gasteiger charge is 2.31. The second-order valence-corrected chi connectivity index (χ2v) is 10.2. The van der Waals surface area contributed by atoms with Gasteiger partial charge in [-0.2, -0.15) is 0 Å². The third kappa shape index (κ3) is 6.55. The highest BCUT2D eigenvalue weighted by Crippen LogP contribution is 2.25. The molecule has 0 saturated carbocycles. The van der Waals surface area contributed by atoms with Crippen LogP contribution in [0.25, 0.3) is 4.85 Å². The van der Waals surface area contributed by atoms with Gasteiger partial charge in [-0.15, -0.1) is 4.98 Å². The van der Waals surface area contributed by atoms with Crippen LogP contribution in [0.2, 0.25) is 5.02 Å². The molecule has 0 bridgehead atoms. The molecule has 8 heteroatoms. The summed E-state index contributed by atoms with van der Waals surface area (Å²) in [6.07, 6.45) is 1.40. The van der Waals surface area contributed by atoms with Crippen molar-refractivity contribution in [1.29, 1.82) is 0 Å². The van der Waals surface area contributed by atoms with E-state index in [9.17, 15) is 9.59 Å². The zero-order valence-corrected chi connectivity index (χ0v) is 21.1. The first kappa shape index (κ1) is 25.7. The SMILES string of the molecule is [C-]#[N+]c1cc(C(=O)Cc2cc(Cl)cc(CN3CCN(C(=O)OC(C)(C)C)[C@@H](C)C3)c2C)ccn1. The van der Waals surface area contributed by atoms with Crippen LogP contribution < -0.4 is 0 Å². The molecule has 1 aromatic carbocycles. The predicted molar refractivity (Wildman–Crippen MR) is 132 cm³/mol. The number of nitrogens with zero attached hydrogens (tertiary/aromatic N) is 4. The Morgan fingerprint density at radius 1 is 1.24 bits per heavy atom. The largest absolute Gasteiger partial charge is 0.444 e. The van der Waals surface area contributed by atoms with Crippen molar-refractivity contribution >= 4 is 29.3 Å². The van der Waals surface area contributed by atoms with Crippen molar-refractivity contribution in [3.8, 4) is 0 Å². The first-order chi connectivity index (χ1) is 16.0. The fourth-order valence-corrected chi connectivity index (χ4v) is 4.35. The number of hydrogen-bond donors (Lipinski definition) is 0. The minimum Gasteiger partial charge on any atom is -0.444 e. The van der Waals surface area contributed by atoms with Gasteiger partial charge in [0, 0.05) is 49.2 Å². The number of pyridine rings is 1. The number of hydrogen-bond acceptors (Lipinski definition) is 5. The van der Waals surface area contributed by atoms with Crippen LogP contribution in [0.15, 0.2) is 30.5 Å². The van der Waals surface area contributed by atoms with E-state index < -0.39 is 5.60 Å². The van der Waals surface area contributed by atoms with Gasteiger partial charge in [-0.3, -0.25) is 9.69 Å². The molecule has 180 valence electrons. The van der Waals surface area contributed by atoms with Gasteiger partial charge in [0.25, 0.3) is 5.82 Å². The summed E-state index contributed by atoms with van der Waals surface area (Å²) < 4.78 is 5.54. The van der Waals surface area contributed by atoms with E-state index in [1.165, 1.54) is 12.3 Å². The summed E-state index contributed by atoms with van der Waals surface area (Å²) in [6, 6.07) is 6.94. The number of ketones is 1. The van der Waals surface area contributed by atoms with Crippen molar-refractivity contribution in [1.82, 2.24) is 14.8 Å². The van der Waals surface area contributed by atoms with Crippen LogP contribution in [0.1, 0.15) is 54.7 Å². The van der Waals surface area contributed by atoms with Crippen molar-refractivity contribution in [3.05, 3.63) is 69.2 Å². The minimum absolute atomic E-state index is 0.0208. The lowest BCUT2D eigenvalue weighted by atomic mass is 9.95. The first-order valence-corrected chi connectivity index (χ1v) is 11.7. The van der Waals surface area contributed by atoms with Crippen molar-refractivity contribution in [3.63, 3.8) is 0 Å². The molecule has 1 atom stereocenters. The molecular weight excluding hydrogens is 452 g/mol. The van der Waals surface area contributed by atoms with Crippen molar-refractivity contribution in [2.24, 2.45) is 0 Å². The lowest BCUT2D eigenvalue weighted by Crippen LogP contribution is -2.54. The Balaban J connectivity index is 1.70. The number of benzene rings is 1. The molecule has 0 N–H and O–H groups in total. The van der Waals surface area contributed by atoms with Gasteiger partial charge in [0.05, 0.1) is 0 Å². The molecule has 34 heavy (non-hydrogen) atoms. The minimum atomic E-state index is -0.520. The fourth-order valence-electron chi connectivity index (χ4n) is 4.08. The number of halogens is 1. The van der Waals surface area contributed by atoms with Crippen molar-refractivity contribution in [2.45, 2.75) is 59.2 Å². The molecule has 1 saturated heterocycles. The van der Waals surface area contributed by atoms with Crippen LogP contribution in [0.3, 0.4) is 0 Å². The van der Waals surface area contributed by atoms with E-state index in [1.54, 1.807) is 11.0 Å². The summed E-state index contributed by atoms with van der Waals surface area (Å²) in [5.41, 5.74) is 2.90. The Labute approximate surface area is 206 Å². The van der Waals surface area contributed by atoms with E-state index in [0.29, 0.717) is 23.7 Å². The summed E-state index contributed by atoms with van der Waals surface area (Å²) in [7, 11) is 0. The van der Waals surface area contributed by atoms with Crippen LogP contribution in [0, 0.1) is 13.5 Å². The Morgan fingerprint density at radius 2 is 1.94 bits per heavy atom. The van der Waals surface area contributed by atoms with E-state index in [2.05, 4.69) is 14.7 Å². The van der Waals surface area contributed by atoms with Gasteiger partial charge < -0.3 is 14.5 Å². The predicted octanol–water partition coefficient (Wildman–Crippen LogP) is 5.46. The Kier molecular flexibility index (Phi) is 7.96. The topological polar surface area (TPSA) is 67.1 Å². The standard InChI is InChI=1S/C26H31ClN4O3/c1-17-15-30(9-10-31(17)25(33)34-26(3,4)5)16-21-12-22(27)11-20(18(21)2)13-23(32)19-7-8-29-24(14-19)28-6/h7-8,11-12,14,17H,9-10,13,15-16H2,1-5H3/t17-/m0/s1. The number of piperazine rings is 1. The average Bonchev–Trinajstić information content (AvgIpc) is 2.75. The maximum Gasteiger partial charge on any atom is 0.410 e. The summed E-state index contributed by atoms with van der Waals surface area (Å²) in [4.78, 5) is 36.7. The highest BCUT2D eigenvalue weighted by atomic mass is 35.5.